The predicted molar refractivity (Wildman–Crippen MR) is 121 cm³/mol. The highest BCUT2D eigenvalue weighted by atomic mass is 35.5. The number of halogens is 7. The maximum absolute atomic E-state index is 13.9. The Morgan fingerprint density at radius 2 is 1.71 bits per heavy atom. The van der Waals surface area contributed by atoms with Gasteiger partial charge in [0.1, 0.15) is 23.3 Å². The van der Waals surface area contributed by atoms with Crippen LogP contribution in [-0.2, 0) is 17.6 Å². The average molecular weight is 542 g/mol. The number of ether oxygens (including phenoxy) is 3. The molecular weight excluding hydrogens is 520 g/mol. The number of nitrogen functional groups attached to an aromatic ring is 1. The summed E-state index contributed by atoms with van der Waals surface area (Å²) in [6, 6.07) is 4.86. The van der Waals surface area contributed by atoms with Crippen LogP contribution >= 0.6 is 11.6 Å². The largest absolute Gasteiger partial charge is 0.573 e. The molecule has 6 nitrogen and oxygen atoms in total. The first-order valence-corrected chi connectivity index (χ1v) is 14.3. The molecule has 0 fully saturated rings. The van der Waals surface area contributed by atoms with Crippen LogP contribution in [0.3, 0.4) is 0 Å². The number of pyridine rings is 1. The van der Waals surface area contributed by atoms with Crippen molar-refractivity contribution in [2.45, 2.75) is 45.0 Å². The SMILES string of the molecule is C[Si](C)(C)CCOCn1cc(C(F)(F)F)c2c(Oc3ccc(N)cc3OC(F)(F)F)cc(Cl)nc21. The summed E-state index contributed by atoms with van der Waals surface area (Å²) in [6.45, 7) is 6.48. The highest BCUT2D eigenvalue weighted by Crippen LogP contribution is 2.44. The Morgan fingerprint density at radius 3 is 2.31 bits per heavy atom. The lowest BCUT2D eigenvalue weighted by atomic mass is 10.2. The van der Waals surface area contributed by atoms with Crippen LogP contribution in [0, 0.1) is 0 Å². The van der Waals surface area contributed by atoms with Gasteiger partial charge in [-0.25, -0.2) is 4.98 Å². The standard InChI is InChI=1S/C21H22ClF6N3O3Si/c1-35(2,3)7-6-32-11-31-10-13(20(23,24)25)18-16(9-17(22)30-19(18)31)33-14-5-4-12(29)8-15(14)34-21(26,27)28/h4-5,8-10H,6-7,11,29H2,1-3H3. The van der Waals surface area contributed by atoms with Crippen LogP contribution in [0.25, 0.3) is 11.0 Å². The minimum absolute atomic E-state index is 0.0768. The molecule has 0 atom stereocenters. The van der Waals surface area contributed by atoms with Gasteiger partial charge in [0.25, 0.3) is 0 Å². The van der Waals surface area contributed by atoms with E-state index in [4.69, 9.17) is 26.8 Å². The van der Waals surface area contributed by atoms with E-state index in [1.54, 1.807) is 0 Å². The van der Waals surface area contributed by atoms with E-state index in [1.165, 1.54) is 6.07 Å². The first-order chi connectivity index (χ1) is 16.0. The molecule has 0 bridgehead atoms. The molecule has 2 N–H and O–H groups in total. The number of hydrogen-bond acceptors (Lipinski definition) is 5. The van der Waals surface area contributed by atoms with Crippen molar-refractivity contribution in [1.82, 2.24) is 9.55 Å². The summed E-state index contributed by atoms with van der Waals surface area (Å²) in [6.07, 6.45) is -9.13. The molecule has 14 heteroatoms. The molecule has 3 rings (SSSR count). The molecule has 2 heterocycles. The third-order valence-electron chi connectivity index (χ3n) is 4.70. The third-order valence-corrected chi connectivity index (χ3v) is 6.60. The molecule has 0 saturated carbocycles. The van der Waals surface area contributed by atoms with Crippen LogP contribution < -0.4 is 15.2 Å². The number of rotatable bonds is 8. The molecule has 0 amide bonds. The highest BCUT2D eigenvalue weighted by molar-refractivity contribution is 6.76. The third kappa shape index (κ3) is 7.18. The van der Waals surface area contributed by atoms with Crippen molar-refractivity contribution < 1.29 is 40.6 Å². The molecule has 0 spiro atoms. The Morgan fingerprint density at radius 1 is 1.03 bits per heavy atom. The van der Waals surface area contributed by atoms with E-state index in [1.807, 2.05) is 0 Å². The number of anilines is 1. The molecule has 3 aromatic rings. The quantitative estimate of drug-likeness (QED) is 0.107. The van der Waals surface area contributed by atoms with Crippen LogP contribution in [0.2, 0.25) is 30.8 Å². The van der Waals surface area contributed by atoms with Gasteiger partial charge in [-0.15, -0.1) is 13.2 Å². The zero-order chi connectivity index (χ0) is 26.2. The number of nitrogens with two attached hydrogens (primary N) is 1. The maximum atomic E-state index is 13.9. The predicted octanol–water partition coefficient (Wildman–Crippen LogP) is 7.29. The molecule has 0 radical (unpaired) electrons. The molecule has 0 aliphatic rings. The monoisotopic (exact) mass is 541 g/mol. The molecule has 1 aromatic carbocycles. The van der Waals surface area contributed by atoms with Crippen LogP contribution in [0.1, 0.15) is 5.56 Å². The molecule has 2 aromatic heterocycles. The first-order valence-electron chi connectivity index (χ1n) is 10.2. The summed E-state index contributed by atoms with van der Waals surface area (Å²) in [5, 5.41) is -0.734. The van der Waals surface area contributed by atoms with Crippen molar-refractivity contribution in [3.63, 3.8) is 0 Å². The fraction of sp³-hybridized carbons (Fsp3) is 0.381. The summed E-state index contributed by atoms with van der Waals surface area (Å²) in [5.41, 5.74) is 4.13. The Labute approximate surface area is 202 Å². The normalized spacial score (nSPS) is 12.9. The van der Waals surface area contributed by atoms with E-state index in [2.05, 4.69) is 29.4 Å². The Kier molecular flexibility index (Phi) is 7.53. The number of fused-ring (bicyclic) bond motifs is 1. The van der Waals surface area contributed by atoms with E-state index in [0.717, 1.165) is 35.0 Å². The van der Waals surface area contributed by atoms with Crippen LogP contribution in [-0.4, -0.2) is 30.6 Å². The number of aromatic nitrogens is 2. The second-order valence-electron chi connectivity index (χ2n) is 8.86. The zero-order valence-corrected chi connectivity index (χ0v) is 20.6. The second kappa shape index (κ2) is 9.78. The van der Waals surface area contributed by atoms with Crippen molar-refractivity contribution in [3.8, 4) is 17.2 Å². The smallest absolute Gasteiger partial charge is 0.453 e. The van der Waals surface area contributed by atoms with Gasteiger partial charge in [0.05, 0.1) is 10.9 Å². The first kappa shape index (κ1) is 27.0. The van der Waals surface area contributed by atoms with Crippen molar-refractivity contribution in [3.05, 3.63) is 41.2 Å². The summed E-state index contributed by atoms with van der Waals surface area (Å²) < 4.78 is 96.3. The fourth-order valence-corrected chi connectivity index (χ4v) is 4.03. The number of alkyl halides is 6. The number of nitrogens with zero attached hydrogens (tertiary/aromatic N) is 2. The van der Waals surface area contributed by atoms with Crippen LogP contribution in [0.4, 0.5) is 32.0 Å². The second-order valence-corrected chi connectivity index (χ2v) is 14.9. The summed E-state index contributed by atoms with van der Waals surface area (Å²) >= 11 is 6.03. The van der Waals surface area contributed by atoms with Gasteiger partial charge in [-0.3, -0.25) is 0 Å². The summed E-state index contributed by atoms with van der Waals surface area (Å²) in [4.78, 5) is 3.98. The molecule has 0 saturated heterocycles. The van der Waals surface area contributed by atoms with E-state index < -0.39 is 48.8 Å². The van der Waals surface area contributed by atoms with E-state index in [0.29, 0.717) is 6.61 Å². The average Bonchev–Trinajstić information content (AvgIpc) is 3.04. The van der Waals surface area contributed by atoms with Gasteiger partial charge >= 0.3 is 12.5 Å². The lowest BCUT2D eigenvalue weighted by Crippen LogP contribution is -2.22. The molecular formula is C21H22ClF6N3O3Si. The Bertz CT molecular complexity index is 1210. The van der Waals surface area contributed by atoms with E-state index >= 15 is 0 Å². The topological polar surface area (TPSA) is 71.5 Å². The van der Waals surface area contributed by atoms with Crippen molar-refractivity contribution in [1.29, 1.82) is 0 Å². The fourth-order valence-electron chi connectivity index (χ4n) is 3.09. The number of benzene rings is 1. The molecule has 35 heavy (non-hydrogen) atoms. The number of hydrogen-bond donors (Lipinski definition) is 1. The van der Waals surface area contributed by atoms with Crippen molar-refractivity contribution >= 4 is 36.4 Å². The van der Waals surface area contributed by atoms with Gasteiger partial charge in [-0.05, 0) is 18.2 Å². The Balaban J connectivity index is 2.07. The van der Waals surface area contributed by atoms with Crippen LogP contribution in [0.5, 0.6) is 17.2 Å². The minimum atomic E-state index is -5.09. The molecule has 0 aliphatic heterocycles. The summed E-state index contributed by atoms with van der Waals surface area (Å²) in [7, 11) is -1.43. The van der Waals surface area contributed by atoms with Gasteiger partial charge < -0.3 is 24.5 Å². The lowest BCUT2D eigenvalue weighted by molar-refractivity contribution is -0.275. The molecule has 0 aliphatic carbocycles. The zero-order valence-electron chi connectivity index (χ0n) is 18.9. The highest BCUT2D eigenvalue weighted by Gasteiger charge is 2.37. The van der Waals surface area contributed by atoms with E-state index in [-0.39, 0.29) is 23.2 Å². The van der Waals surface area contributed by atoms with Gasteiger partial charge in [0.2, 0.25) is 0 Å². The van der Waals surface area contributed by atoms with Crippen LogP contribution in [0.15, 0.2) is 30.5 Å². The van der Waals surface area contributed by atoms with Crippen molar-refractivity contribution in [2.24, 2.45) is 0 Å². The van der Waals surface area contributed by atoms with Crippen molar-refractivity contribution in [2.75, 3.05) is 12.3 Å². The molecule has 0 unspecified atom stereocenters. The maximum Gasteiger partial charge on any atom is 0.573 e. The van der Waals surface area contributed by atoms with Gasteiger partial charge in [0.15, 0.2) is 11.5 Å². The van der Waals surface area contributed by atoms with Gasteiger partial charge in [0, 0.05) is 38.7 Å². The Hall–Kier alpha value is -2.64. The van der Waals surface area contributed by atoms with Gasteiger partial charge in [-0.2, -0.15) is 13.2 Å². The van der Waals surface area contributed by atoms with E-state index in [9.17, 15) is 26.3 Å². The summed E-state index contributed by atoms with van der Waals surface area (Å²) in [5.74, 6) is -1.82. The molecule has 192 valence electrons. The van der Waals surface area contributed by atoms with Gasteiger partial charge in [-0.1, -0.05) is 31.2 Å². The lowest BCUT2D eigenvalue weighted by Gasteiger charge is -2.16. The minimum Gasteiger partial charge on any atom is -0.453 e.